The molecule has 1 rings (SSSR count). The molecule has 0 unspecified atom stereocenters. The minimum Gasteiger partial charge on any atom is -0.493 e. The predicted molar refractivity (Wildman–Crippen MR) is 71.9 cm³/mol. The lowest BCUT2D eigenvalue weighted by Gasteiger charge is -2.13. The van der Waals surface area contributed by atoms with E-state index < -0.39 is 18.8 Å². The Morgan fingerprint density at radius 1 is 1.27 bits per heavy atom. The summed E-state index contributed by atoms with van der Waals surface area (Å²) in [6.07, 6.45) is -4.45. The van der Waals surface area contributed by atoms with E-state index in [1.54, 1.807) is 23.5 Å². The minimum absolute atomic E-state index is 0.0281. The van der Waals surface area contributed by atoms with Crippen LogP contribution in [0.5, 0.6) is 11.5 Å². The van der Waals surface area contributed by atoms with Gasteiger partial charge in [0.05, 0.1) is 13.7 Å². The molecule has 124 valence electrons. The van der Waals surface area contributed by atoms with Gasteiger partial charge in [-0.25, -0.2) is 4.79 Å². The van der Waals surface area contributed by atoms with Crippen LogP contribution in [0.2, 0.25) is 0 Å². The lowest BCUT2D eigenvalue weighted by Crippen LogP contribution is -2.40. The summed E-state index contributed by atoms with van der Waals surface area (Å²) in [5.41, 5.74) is 0.621. The van der Waals surface area contributed by atoms with Crippen molar-refractivity contribution in [3.05, 3.63) is 23.8 Å². The fourth-order valence-electron chi connectivity index (χ4n) is 1.52. The fraction of sp³-hybridized carbons (Fsp3) is 0.462. The van der Waals surface area contributed by atoms with Crippen molar-refractivity contribution in [1.82, 2.24) is 10.6 Å². The zero-order chi connectivity index (χ0) is 16.6. The van der Waals surface area contributed by atoms with Crippen LogP contribution in [0.4, 0.5) is 18.0 Å². The van der Waals surface area contributed by atoms with Crippen molar-refractivity contribution < 1.29 is 32.5 Å². The van der Waals surface area contributed by atoms with Gasteiger partial charge in [0.1, 0.15) is 13.2 Å². The zero-order valence-corrected chi connectivity index (χ0v) is 11.9. The van der Waals surface area contributed by atoms with Crippen LogP contribution in [0.3, 0.4) is 0 Å². The highest BCUT2D eigenvalue weighted by Crippen LogP contribution is 2.27. The Morgan fingerprint density at radius 2 is 2.00 bits per heavy atom. The Morgan fingerprint density at radius 3 is 2.59 bits per heavy atom. The average Bonchev–Trinajstić information content (AvgIpc) is 2.48. The summed E-state index contributed by atoms with van der Waals surface area (Å²) in [5, 5.41) is 12.7. The van der Waals surface area contributed by atoms with Gasteiger partial charge < -0.3 is 25.2 Å². The van der Waals surface area contributed by atoms with Gasteiger partial charge >= 0.3 is 12.2 Å². The topological polar surface area (TPSA) is 79.8 Å². The summed E-state index contributed by atoms with van der Waals surface area (Å²) in [4.78, 5) is 11.2. The standard InChI is InChI=1S/C13H17F3N2O4/c1-21-11-6-9(2-3-10(11)22-5-4-19)7-17-12(20)18-8-13(14,15)16/h2-3,6,19H,4-5,7-8H2,1H3,(H2,17,18,20). The summed E-state index contributed by atoms with van der Waals surface area (Å²) in [7, 11) is 1.42. The number of alkyl halides is 3. The minimum atomic E-state index is -4.45. The Hall–Kier alpha value is -2.16. The molecule has 0 aromatic heterocycles. The molecule has 0 bridgehead atoms. The number of carbonyl (C=O) groups excluding carboxylic acids is 1. The molecule has 0 saturated carbocycles. The molecular weight excluding hydrogens is 305 g/mol. The van der Waals surface area contributed by atoms with Crippen LogP contribution in [-0.2, 0) is 6.54 Å². The number of benzene rings is 1. The van der Waals surface area contributed by atoms with E-state index >= 15 is 0 Å². The second-order valence-corrected chi connectivity index (χ2v) is 4.21. The molecule has 22 heavy (non-hydrogen) atoms. The molecule has 0 radical (unpaired) electrons. The van der Waals surface area contributed by atoms with Gasteiger partial charge in [0.15, 0.2) is 11.5 Å². The molecule has 3 N–H and O–H groups in total. The van der Waals surface area contributed by atoms with Crippen molar-refractivity contribution in [2.75, 3.05) is 26.9 Å². The normalized spacial score (nSPS) is 11.0. The summed E-state index contributed by atoms with van der Waals surface area (Å²) in [6, 6.07) is 3.87. The van der Waals surface area contributed by atoms with Gasteiger partial charge in [0.2, 0.25) is 0 Å². The first-order chi connectivity index (χ1) is 10.4. The van der Waals surface area contributed by atoms with Gasteiger partial charge in [-0.05, 0) is 17.7 Å². The number of carbonyl (C=O) groups is 1. The van der Waals surface area contributed by atoms with E-state index in [0.29, 0.717) is 17.1 Å². The SMILES string of the molecule is COc1cc(CNC(=O)NCC(F)(F)F)ccc1OCCO. The van der Waals surface area contributed by atoms with Crippen molar-refractivity contribution in [2.45, 2.75) is 12.7 Å². The lowest BCUT2D eigenvalue weighted by atomic mass is 10.2. The maximum Gasteiger partial charge on any atom is 0.405 e. The van der Waals surface area contributed by atoms with Crippen molar-refractivity contribution in [3.8, 4) is 11.5 Å². The lowest BCUT2D eigenvalue weighted by molar-refractivity contribution is -0.122. The number of methoxy groups -OCH3 is 1. The number of halogens is 3. The first kappa shape index (κ1) is 17.9. The Kier molecular flexibility index (Phi) is 6.77. The van der Waals surface area contributed by atoms with Gasteiger partial charge in [-0.2, -0.15) is 13.2 Å². The summed E-state index contributed by atoms with van der Waals surface area (Å²) in [6.45, 7) is -1.41. The third-order valence-electron chi connectivity index (χ3n) is 2.48. The predicted octanol–water partition coefficient (Wildman–Crippen LogP) is 1.43. The van der Waals surface area contributed by atoms with Crippen LogP contribution < -0.4 is 20.1 Å². The molecule has 6 nitrogen and oxygen atoms in total. The average molecular weight is 322 g/mol. The van der Waals surface area contributed by atoms with Crippen molar-refractivity contribution >= 4 is 6.03 Å². The number of ether oxygens (including phenoxy) is 2. The number of amides is 2. The quantitative estimate of drug-likeness (QED) is 0.709. The molecule has 0 atom stereocenters. The number of hydrogen-bond acceptors (Lipinski definition) is 4. The molecule has 0 aliphatic carbocycles. The number of urea groups is 1. The molecule has 0 aliphatic rings. The third kappa shape index (κ3) is 6.53. The first-order valence-electron chi connectivity index (χ1n) is 6.34. The van der Waals surface area contributed by atoms with Crippen molar-refractivity contribution in [1.29, 1.82) is 0 Å². The van der Waals surface area contributed by atoms with Crippen LogP contribution in [-0.4, -0.2) is 44.2 Å². The van der Waals surface area contributed by atoms with Crippen LogP contribution in [0.15, 0.2) is 18.2 Å². The smallest absolute Gasteiger partial charge is 0.405 e. The van der Waals surface area contributed by atoms with Gasteiger partial charge in [-0.15, -0.1) is 0 Å². The fourth-order valence-corrected chi connectivity index (χ4v) is 1.52. The Bertz CT molecular complexity index is 495. The summed E-state index contributed by atoms with van der Waals surface area (Å²) >= 11 is 0. The molecule has 0 heterocycles. The van der Waals surface area contributed by atoms with Crippen LogP contribution in [0.25, 0.3) is 0 Å². The van der Waals surface area contributed by atoms with Gasteiger partial charge in [0, 0.05) is 6.54 Å². The number of rotatable bonds is 7. The Labute approximate surface area is 125 Å². The monoisotopic (exact) mass is 322 g/mol. The molecule has 1 aromatic carbocycles. The van der Waals surface area contributed by atoms with Gasteiger partial charge in [-0.1, -0.05) is 6.07 Å². The van der Waals surface area contributed by atoms with Gasteiger partial charge in [-0.3, -0.25) is 0 Å². The van der Waals surface area contributed by atoms with E-state index in [2.05, 4.69) is 5.32 Å². The highest BCUT2D eigenvalue weighted by atomic mass is 19.4. The molecule has 1 aromatic rings. The molecule has 2 amide bonds. The number of nitrogens with one attached hydrogen (secondary N) is 2. The second kappa shape index (κ2) is 8.32. The van der Waals surface area contributed by atoms with Crippen molar-refractivity contribution in [3.63, 3.8) is 0 Å². The summed E-state index contributed by atoms with van der Waals surface area (Å²) < 4.78 is 46.1. The molecule has 9 heteroatoms. The second-order valence-electron chi connectivity index (χ2n) is 4.21. The maximum absolute atomic E-state index is 11.9. The van der Waals surface area contributed by atoms with E-state index in [1.165, 1.54) is 7.11 Å². The van der Waals surface area contributed by atoms with E-state index in [1.807, 2.05) is 0 Å². The van der Waals surface area contributed by atoms with Crippen molar-refractivity contribution in [2.24, 2.45) is 0 Å². The highest BCUT2D eigenvalue weighted by molar-refractivity contribution is 5.73. The van der Waals surface area contributed by atoms with E-state index in [4.69, 9.17) is 14.6 Å². The highest BCUT2D eigenvalue weighted by Gasteiger charge is 2.27. The number of hydrogen-bond donors (Lipinski definition) is 3. The Balaban J connectivity index is 2.54. The molecule has 0 aliphatic heterocycles. The largest absolute Gasteiger partial charge is 0.493 e. The van der Waals surface area contributed by atoms with Crippen LogP contribution in [0.1, 0.15) is 5.56 Å². The number of aliphatic hydroxyl groups excluding tert-OH is 1. The van der Waals surface area contributed by atoms with Crippen LogP contribution >= 0.6 is 0 Å². The molecule has 0 spiro atoms. The van der Waals surface area contributed by atoms with E-state index in [-0.39, 0.29) is 19.8 Å². The van der Waals surface area contributed by atoms with E-state index in [9.17, 15) is 18.0 Å². The molecule has 0 saturated heterocycles. The number of aliphatic hydroxyl groups is 1. The first-order valence-corrected chi connectivity index (χ1v) is 6.34. The zero-order valence-electron chi connectivity index (χ0n) is 11.9. The van der Waals surface area contributed by atoms with Gasteiger partial charge in [0.25, 0.3) is 0 Å². The van der Waals surface area contributed by atoms with E-state index in [0.717, 1.165) is 0 Å². The molecular formula is C13H17F3N2O4. The third-order valence-corrected chi connectivity index (χ3v) is 2.48. The summed E-state index contributed by atoms with van der Waals surface area (Å²) in [5.74, 6) is 0.810. The molecule has 0 fully saturated rings. The maximum atomic E-state index is 11.9. The van der Waals surface area contributed by atoms with Crippen LogP contribution in [0, 0.1) is 0 Å².